The lowest BCUT2D eigenvalue weighted by Crippen LogP contribution is -2.61. The van der Waals surface area contributed by atoms with Crippen LogP contribution in [0.25, 0.3) is 0 Å². The van der Waals surface area contributed by atoms with Crippen LogP contribution in [0.4, 0.5) is 5.95 Å². The number of rotatable bonds is 1. The summed E-state index contributed by atoms with van der Waals surface area (Å²) in [7, 11) is 0. The molecule has 1 aliphatic heterocycles. The van der Waals surface area contributed by atoms with E-state index in [2.05, 4.69) is 14.8 Å². The topological polar surface area (TPSA) is 64.2 Å². The normalized spacial score (nSPS) is 27.8. The fraction of sp³-hybridized carbons (Fsp3) is 0.632. The fourth-order valence-electron chi connectivity index (χ4n) is 5.57. The maximum Gasteiger partial charge on any atom is 0.296 e. The first-order valence-electron chi connectivity index (χ1n) is 9.59. The number of carbonyl (C=O) groups is 1. The molecule has 0 N–H and O–H groups in total. The fourth-order valence-corrected chi connectivity index (χ4v) is 5.57. The van der Waals surface area contributed by atoms with E-state index in [4.69, 9.17) is 4.42 Å². The summed E-state index contributed by atoms with van der Waals surface area (Å²) in [4.78, 5) is 19.6. The lowest BCUT2D eigenvalue weighted by Gasteiger charge is -2.55. The van der Waals surface area contributed by atoms with Crippen molar-refractivity contribution in [2.75, 3.05) is 4.90 Å². The quantitative estimate of drug-likeness (QED) is 0.793. The highest BCUT2D eigenvalue weighted by Crippen LogP contribution is 2.52. The monoisotopic (exact) mass is 340 g/mol. The van der Waals surface area contributed by atoms with Crippen LogP contribution in [0.1, 0.15) is 68.3 Å². The molecule has 0 aromatic carbocycles. The van der Waals surface area contributed by atoms with E-state index in [1.165, 1.54) is 38.5 Å². The molecular formula is C19H24N4O2. The largest absolute Gasteiger partial charge is 0.459 e. The Morgan fingerprint density at radius 2 is 2.00 bits per heavy atom. The van der Waals surface area contributed by atoms with Gasteiger partial charge in [-0.3, -0.25) is 9.69 Å². The molecule has 0 radical (unpaired) electrons. The summed E-state index contributed by atoms with van der Waals surface area (Å²) >= 11 is 0. The van der Waals surface area contributed by atoms with E-state index in [1.807, 2.05) is 4.90 Å². The van der Waals surface area contributed by atoms with E-state index in [0.717, 1.165) is 19.3 Å². The maximum absolute atomic E-state index is 13.2. The third-order valence-electron chi connectivity index (χ3n) is 6.59. The van der Waals surface area contributed by atoms with Crippen LogP contribution < -0.4 is 4.90 Å². The number of amides is 1. The highest BCUT2D eigenvalue weighted by atomic mass is 16.3. The van der Waals surface area contributed by atoms with E-state index in [9.17, 15) is 4.79 Å². The van der Waals surface area contributed by atoms with Gasteiger partial charge in [-0.2, -0.15) is 10.1 Å². The Morgan fingerprint density at radius 3 is 2.80 bits per heavy atom. The van der Waals surface area contributed by atoms with Crippen molar-refractivity contribution in [2.45, 2.75) is 69.4 Å². The van der Waals surface area contributed by atoms with Crippen molar-refractivity contribution in [3.63, 3.8) is 0 Å². The summed E-state index contributed by atoms with van der Waals surface area (Å²) in [5.74, 6) is 1.49. The zero-order valence-electron chi connectivity index (χ0n) is 14.4. The Morgan fingerprint density at radius 1 is 1.16 bits per heavy atom. The number of anilines is 1. The third-order valence-corrected chi connectivity index (χ3v) is 6.59. The molecule has 1 spiro atoms. The Bertz CT molecular complexity index is 760. The van der Waals surface area contributed by atoms with Gasteiger partial charge in [-0.05, 0) is 37.8 Å². The van der Waals surface area contributed by atoms with Crippen LogP contribution in [0, 0.1) is 5.92 Å². The minimum atomic E-state index is -0.0817. The van der Waals surface area contributed by atoms with Crippen molar-refractivity contribution in [1.29, 1.82) is 0 Å². The Hall–Kier alpha value is -2.11. The molecule has 5 rings (SSSR count). The van der Waals surface area contributed by atoms with Gasteiger partial charge in [0.15, 0.2) is 5.76 Å². The van der Waals surface area contributed by atoms with Gasteiger partial charge in [-0.1, -0.05) is 32.1 Å². The Balaban J connectivity index is 1.65. The Kier molecular flexibility index (Phi) is 3.47. The van der Waals surface area contributed by atoms with Crippen molar-refractivity contribution in [1.82, 2.24) is 14.8 Å². The molecule has 3 aliphatic rings. The molecule has 3 heterocycles. The van der Waals surface area contributed by atoms with Gasteiger partial charge in [0.25, 0.3) is 5.91 Å². The molecule has 1 amide bonds. The number of hydrogen-bond donors (Lipinski definition) is 0. The average Bonchev–Trinajstić information content (AvgIpc) is 3.35. The molecule has 6 nitrogen and oxygen atoms in total. The second-order valence-corrected chi connectivity index (χ2v) is 7.75. The van der Waals surface area contributed by atoms with Crippen LogP contribution >= 0.6 is 0 Å². The summed E-state index contributed by atoms with van der Waals surface area (Å²) in [6.45, 7) is 0. The molecule has 6 heteroatoms. The van der Waals surface area contributed by atoms with Crippen LogP contribution in [0.5, 0.6) is 0 Å². The van der Waals surface area contributed by atoms with E-state index in [-0.39, 0.29) is 17.5 Å². The maximum atomic E-state index is 13.2. The average molecular weight is 340 g/mol. The number of carbonyl (C=O) groups excluding carboxylic acids is 1. The van der Waals surface area contributed by atoms with Crippen LogP contribution in [-0.4, -0.2) is 26.7 Å². The van der Waals surface area contributed by atoms with E-state index >= 15 is 0 Å². The summed E-state index contributed by atoms with van der Waals surface area (Å²) in [6.07, 6.45) is 13.9. The van der Waals surface area contributed by atoms with Crippen molar-refractivity contribution in [3.05, 3.63) is 30.5 Å². The van der Waals surface area contributed by atoms with Gasteiger partial charge in [0.2, 0.25) is 5.95 Å². The molecule has 2 aromatic heterocycles. The van der Waals surface area contributed by atoms with Gasteiger partial charge >= 0.3 is 0 Å². The first kappa shape index (κ1) is 15.2. The first-order valence-corrected chi connectivity index (χ1v) is 9.59. The lowest BCUT2D eigenvalue weighted by molar-refractivity contribution is 0.0308. The molecule has 2 atom stereocenters. The lowest BCUT2D eigenvalue weighted by atomic mass is 9.64. The highest BCUT2D eigenvalue weighted by molar-refractivity contribution is 6.03. The number of aromatic nitrogens is 3. The Labute approximate surface area is 147 Å². The van der Waals surface area contributed by atoms with Gasteiger partial charge in [0.1, 0.15) is 6.33 Å². The molecule has 132 valence electrons. The smallest absolute Gasteiger partial charge is 0.296 e. The molecule has 0 bridgehead atoms. The van der Waals surface area contributed by atoms with E-state index in [1.54, 1.807) is 24.7 Å². The SMILES string of the molecule is O=C(c1ccco1)N1c2ncnn2C2(CCCCC2)C2CCCCC21. The molecule has 2 fully saturated rings. The van der Waals surface area contributed by atoms with Crippen molar-refractivity contribution in [3.8, 4) is 0 Å². The molecule has 25 heavy (non-hydrogen) atoms. The number of fused-ring (bicyclic) bond motifs is 4. The predicted octanol–water partition coefficient (Wildman–Crippen LogP) is 3.75. The highest BCUT2D eigenvalue weighted by Gasteiger charge is 2.54. The summed E-state index contributed by atoms with van der Waals surface area (Å²) in [5, 5.41) is 4.62. The van der Waals surface area contributed by atoms with Gasteiger partial charge in [-0.25, -0.2) is 4.68 Å². The predicted molar refractivity (Wildman–Crippen MR) is 92.3 cm³/mol. The number of nitrogens with zero attached hydrogens (tertiary/aromatic N) is 4. The standard InChI is InChI=1S/C19H24N4O2/c24-17(16-9-6-12-25-16)22-15-8-3-2-7-14(15)19(10-4-1-5-11-19)23-18(22)20-13-21-23/h6,9,12-15H,1-5,7-8,10-11H2. The third kappa shape index (κ3) is 2.12. The molecule has 2 unspecified atom stereocenters. The minimum Gasteiger partial charge on any atom is -0.459 e. The van der Waals surface area contributed by atoms with Crippen LogP contribution in [0.15, 0.2) is 29.1 Å². The molecule has 0 saturated heterocycles. The first-order chi connectivity index (χ1) is 12.3. The van der Waals surface area contributed by atoms with Gasteiger partial charge in [0.05, 0.1) is 11.8 Å². The van der Waals surface area contributed by atoms with Crippen molar-refractivity contribution >= 4 is 11.9 Å². The second kappa shape index (κ2) is 5.71. The van der Waals surface area contributed by atoms with Crippen molar-refractivity contribution < 1.29 is 9.21 Å². The van der Waals surface area contributed by atoms with Crippen LogP contribution in [-0.2, 0) is 5.54 Å². The van der Waals surface area contributed by atoms with E-state index in [0.29, 0.717) is 17.6 Å². The molecule has 2 aliphatic carbocycles. The number of hydrogen-bond acceptors (Lipinski definition) is 4. The van der Waals surface area contributed by atoms with Crippen molar-refractivity contribution in [2.24, 2.45) is 5.92 Å². The molecular weight excluding hydrogens is 316 g/mol. The zero-order chi connectivity index (χ0) is 16.9. The van der Waals surface area contributed by atoms with Gasteiger partial charge < -0.3 is 4.42 Å². The van der Waals surface area contributed by atoms with Crippen LogP contribution in [0.3, 0.4) is 0 Å². The van der Waals surface area contributed by atoms with Gasteiger partial charge in [-0.15, -0.1) is 0 Å². The molecule has 2 saturated carbocycles. The zero-order valence-corrected chi connectivity index (χ0v) is 14.4. The minimum absolute atomic E-state index is 0.0507. The van der Waals surface area contributed by atoms with E-state index < -0.39 is 0 Å². The second-order valence-electron chi connectivity index (χ2n) is 7.75. The van der Waals surface area contributed by atoms with Gasteiger partial charge in [0, 0.05) is 12.0 Å². The molecule has 2 aromatic rings. The number of furan rings is 1. The summed E-state index contributed by atoms with van der Waals surface area (Å²) < 4.78 is 7.50. The summed E-state index contributed by atoms with van der Waals surface area (Å²) in [5.41, 5.74) is 0.0507. The summed E-state index contributed by atoms with van der Waals surface area (Å²) in [6, 6.07) is 3.72. The van der Waals surface area contributed by atoms with Crippen LogP contribution in [0.2, 0.25) is 0 Å².